The van der Waals surface area contributed by atoms with Gasteiger partial charge in [-0.1, -0.05) is 17.7 Å². The van der Waals surface area contributed by atoms with E-state index in [1.54, 1.807) is 0 Å². The lowest BCUT2D eigenvalue weighted by Crippen LogP contribution is -2.15. The molecule has 0 radical (unpaired) electrons. The zero-order chi connectivity index (χ0) is 15.6. The number of sulfonamides is 1. The van der Waals surface area contributed by atoms with Crippen molar-refractivity contribution in [3.63, 3.8) is 0 Å². The van der Waals surface area contributed by atoms with Gasteiger partial charge in [-0.25, -0.2) is 17.8 Å². The fraction of sp³-hybridized carbons (Fsp3) is 0. The second-order valence-corrected chi connectivity index (χ2v) is 5.88. The predicted octanol–water partition coefficient (Wildman–Crippen LogP) is 2.58. The van der Waals surface area contributed by atoms with Crippen molar-refractivity contribution in [1.82, 2.24) is 4.98 Å². The molecule has 0 fully saturated rings. The van der Waals surface area contributed by atoms with Crippen LogP contribution in [0.3, 0.4) is 0 Å². The molecule has 0 saturated heterocycles. The number of halogens is 2. The minimum atomic E-state index is -4.23. The van der Waals surface area contributed by atoms with Crippen LogP contribution in [-0.2, 0) is 10.0 Å². The normalized spacial score (nSPS) is 11.1. The Morgan fingerprint density at radius 1 is 1.33 bits per heavy atom. The number of hydrogen-bond donors (Lipinski definition) is 1. The van der Waals surface area contributed by atoms with E-state index in [-0.39, 0.29) is 10.0 Å². The number of nitrogens with one attached hydrogen (secondary N) is 1. The summed E-state index contributed by atoms with van der Waals surface area (Å²) >= 11 is 5.58. The van der Waals surface area contributed by atoms with Crippen LogP contribution in [0.25, 0.3) is 0 Å². The maximum Gasteiger partial charge on any atom is 0.296 e. The summed E-state index contributed by atoms with van der Waals surface area (Å²) in [6, 6.07) is 5.16. The third-order valence-electron chi connectivity index (χ3n) is 2.43. The highest BCUT2D eigenvalue weighted by molar-refractivity contribution is 7.92. The summed E-state index contributed by atoms with van der Waals surface area (Å²) < 4.78 is 39.7. The molecule has 1 heterocycles. The number of benzene rings is 1. The van der Waals surface area contributed by atoms with Gasteiger partial charge in [0.1, 0.15) is 5.15 Å². The summed E-state index contributed by atoms with van der Waals surface area (Å²) in [5.41, 5.74) is -1.44. The first-order chi connectivity index (χ1) is 9.81. The van der Waals surface area contributed by atoms with E-state index in [2.05, 4.69) is 4.98 Å². The van der Waals surface area contributed by atoms with E-state index < -0.39 is 32.1 Å². The Balaban J connectivity index is 2.49. The lowest BCUT2D eigenvalue weighted by atomic mass is 10.2. The van der Waals surface area contributed by atoms with E-state index in [9.17, 15) is 22.9 Å². The third kappa shape index (κ3) is 3.26. The van der Waals surface area contributed by atoms with Crippen molar-refractivity contribution in [2.45, 2.75) is 4.90 Å². The first kappa shape index (κ1) is 15.1. The van der Waals surface area contributed by atoms with E-state index >= 15 is 0 Å². The van der Waals surface area contributed by atoms with Gasteiger partial charge < -0.3 is 0 Å². The molecule has 10 heteroatoms. The molecule has 0 saturated carbocycles. The number of hydrogen-bond acceptors (Lipinski definition) is 5. The molecule has 1 aromatic carbocycles. The number of nitrogens with zero attached hydrogens (tertiary/aromatic N) is 2. The summed E-state index contributed by atoms with van der Waals surface area (Å²) in [5, 5.41) is 10.7. The summed E-state index contributed by atoms with van der Waals surface area (Å²) in [7, 11) is -4.23. The fourth-order valence-corrected chi connectivity index (χ4v) is 2.85. The van der Waals surface area contributed by atoms with Crippen LogP contribution in [-0.4, -0.2) is 18.3 Å². The van der Waals surface area contributed by atoms with Gasteiger partial charge in [-0.15, -0.1) is 0 Å². The average Bonchev–Trinajstić information content (AvgIpc) is 2.40. The number of pyridine rings is 1. The Morgan fingerprint density at radius 3 is 2.67 bits per heavy atom. The lowest BCUT2D eigenvalue weighted by molar-refractivity contribution is -0.384. The van der Waals surface area contributed by atoms with Gasteiger partial charge in [0.15, 0.2) is 11.5 Å². The first-order valence-electron chi connectivity index (χ1n) is 5.38. The zero-order valence-corrected chi connectivity index (χ0v) is 11.7. The molecule has 0 bridgehead atoms. The monoisotopic (exact) mass is 331 g/mol. The van der Waals surface area contributed by atoms with E-state index in [1.165, 1.54) is 0 Å². The van der Waals surface area contributed by atoms with Gasteiger partial charge in [-0.2, -0.15) is 0 Å². The molecule has 110 valence electrons. The van der Waals surface area contributed by atoms with Crippen LogP contribution in [0.2, 0.25) is 5.15 Å². The van der Waals surface area contributed by atoms with E-state index in [1.807, 2.05) is 4.72 Å². The molecule has 2 aromatic rings. The largest absolute Gasteiger partial charge is 0.296 e. The van der Waals surface area contributed by atoms with E-state index in [0.717, 1.165) is 36.5 Å². The third-order valence-corrected chi connectivity index (χ3v) is 3.99. The van der Waals surface area contributed by atoms with Crippen LogP contribution in [0, 0.1) is 15.9 Å². The van der Waals surface area contributed by atoms with Crippen LogP contribution >= 0.6 is 11.6 Å². The van der Waals surface area contributed by atoms with Crippen LogP contribution in [0.1, 0.15) is 0 Å². The quantitative estimate of drug-likeness (QED) is 0.527. The molecule has 7 nitrogen and oxygen atoms in total. The minimum Gasteiger partial charge on any atom is -0.271 e. The van der Waals surface area contributed by atoms with Crippen molar-refractivity contribution in [2.24, 2.45) is 0 Å². The molecular formula is C11H7ClFN3O4S. The SMILES string of the molecule is O=[N+]([O-])c1cccc(F)c1NS(=O)(=O)c1ccnc(Cl)c1. The van der Waals surface area contributed by atoms with Crippen LogP contribution < -0.4 is 4.72 Å². The van der Waals surface area contributed by atoms with Gasteiger partial charge in [0.25, 0.3) is 15.7 Å². The first-order valence-corrected chi connectivity index (χ1v) is 7.24. The van der Waals surface area contributed by atoms with Gasteiger partial charge >= 0.3 is 0 Å². The molecule has 0 aliphatic carbocycles. The maximum absolute atomic E-state index is 13.7. The fourth-order valence-electron chi connectivity index (χ4n) is 1.51. The molecular weight excluding hydrogens is 325 g/mol. The molecule has 2 rings (SSSR count). The maximum atomic E-state index is 13.7. The number of para-hydroxylation sites is 1. The number of anilines is 1. The second-order valence-electron chi connectivity index (χ2n) is 3.81. The average molecular weight is 332 g/mol. The zero-order valence-electron chi connectivity index (χ0n) is 10.2. The van der Waals surface area contributed by atoms with Crippen LogP contribution in [0.4, 0.5) is 15.8 Å². The summed E-state index contributed by atoms with van der Waals surface area (Å²) in [6.07, 6.45) is 1.15. The molecule has 0 spiro atoms. The number of nitro benzene ring substituents is 1. The van der Waals surface area contributed by atoms with Gasteiger partial charge in [-0.3, -0.25) is 14.8 Å². The number of aromatic nitrogens is 1. The molecule has 0 amide bonds. The van der Waals surface area contributed by atoms with Gasteiger partial charge in [-0.05, 0) is 18.2 Å². The highest BCUT2D eigenvalue weighted by Crippen LogP contribution is 2.29. The molecule has 0 atom stereocenters. The van der Waals surface area contributed by atoms with Gasteiger partial charge in [0, 0.05) is 12.3 Å². The molecule has 1 N–H and O–H groups in total. The van der Waals surface area contributed by atoms with Gasteiger partial charge in [0.2, 0.25) is 0 Å². The highest BCUT2D eigenvalue weighted by Gasteiger charge is 2.24. The van der Waals surface area contributed by atoms with Crippen LogP contribution in [0.15, 0.2) is 41.4 Å². The lowest BCUT2D eigenvalue weighted by Gasteiger charge is -2.09. The topological polar surface area (TPSA) is 102 Å². The van der Waals surface area contributed by atoms with Crippen molar-refractivity contribution in [2.75, 3.05) is 4.72 Å². The minimum absolute atomic E-state index is 0.0825. The number of nitro groups is 1. The Morgan fingerprint density at radius 2 is 2.05 bits per heavy atom. The summed E-state index contributed by atoms with van der Waals surface area (Å²) in [5.74, 6) is -1.06. The van der Waals surface area contributed by atoms with Crippen molar-refractivity contribution in [3.05, 3.63) is 57.6 Å². The van der Waals surface area contributed by atoms with Crippen molar-refractivity contribution >= 4 is 33.0 Å². The van der Waals surface area contributed by atoms with Crippen molar-refractivity contribution in [3.8, 4) is 0 Å². The number of rotatable bonds is 4. The molecule has 0 aliphatic heterocycles. The summed E-state index contributed by atoms with van der Waals surface area (Å²) in [6.45, 7) is 0. The highest BCUT2D eigenvalue weighted by atomic mass is 35.5. The van der Waals surface area contributed by atoms with Crippen molar-refractivity contribution in [1.29, 1.82) is 0 Å². The smallest absolute Gasteiger partial charge is 0.271 e. The second kappa shape index (κ2) is 5.62. The molecule has 21 heavy (non-hydrogen) atoms. The van der Waals surface area contributed by atoms with E-state index in [0.29, 0.717) is 0 Å². The molecule has 0 unspecified atom stereocenters. The molecule has 1 aromatic heterocycles. The van der Waals surface area contributed by atoms with E-state index in [4.69, 9.17) is 11.6 Å². The standard InChI is InChI=1S/C11H7ClFN3O4S/c12-10-6-7(4-5-14-10)21(19,20)15-11-8(13)2-1-3-9(11)16(17)18/h1-6,15H. The van der Waals surface area contributed by atoms with Crippen molar-refractivity contribution < 1.29 is 17.7 Å². The predicted molar refractivity (Wildman–Crippen MR) is 73.1 cm³/mol. The summed E-state index contributed by atoms with van der Waals surface area (Å²) in [4.78, 5) is 13.3. The Bertz CT molecular complexity index is 813. The Hall–Kier alpha value is -2.26. The Labute approximate surface area is 123 Å². The van der Waals surface area contributed by atoms with Gasteiger partial charge in [0.05, 0.1) is 9.82 Å². The molecule has 0 aliphatic rings. The van der Waals surface area contributed by atoms with Crippen LogP contribution in [0.5, 0.6) is 0 Å². The Kier molecular flexibility index (Phi) is 4.05.